The predicted molar refractivity (Wildman–Crippen MR) is 152 cm³/mol. The fraction of sp³-hybridized carbons (Fsp3) is 0.323. The van der Waals surface area contributed by atoms with Gasteiger partial charge in [0.05, 0.1) is 22.3 Å². The van der Waals surface area contributed by atoms with Crippen LogP contribution in [-0.4, -0.2) is 34.1 Å². The Morgan fingerprint density at radius 1 is 1.08 bits per heavy atom. The molecule has 5 rings (SSSR count). The van der Waals surface area contributed by atoms with Crippen LogP contribution in [0.3, 0.4) is 0 Å². The number of nitrogens with zero attached hydrogens (tertiary/aromatic N) is 2. The van der Waals surface area contributed by atoms with Crippen LogP contribution in [0.25, 0.3) is 17.4 Å². The maximum Gasteiger partial charge on any atom is 0.338 e. The van der Waals surface area contributed by atoms with Crippen molar-refractivity contribution < 1.29 is 18.7 Å². The molecule has 38 heavy (non-hydrogen) atoms. The summed E-state index contributed by atoms with van der Waals surface area (Å²) < 4.78 is 11.4. The van der Waals surface area contributed by atoms with E-state index < -0.39 is 0 Å². The molecule has 0 N–H and O–H groups in total. The van der Waals surface area contributed by atoms with E-state index >= 15 is 0 Å². The average molecular weight is 529 g/mol. The van der Waals surface area contributed by atoms with Crippen molar-refractivity contribution in [2.45, 2.75) is 65.0 Å². The van der Waals surface area contributed by atoms with Gasteiger partial charge in [-0.05, 0) is 87.3 Å². The number of esters is 1. The number of amidine groups is 1. The van der Waals surface area contributed by atoms with Crippen LogP contribution in [-0.2, 0) is 9.53 Å². The number of carbonyl (C=O) groups excluding carboxylic acids is 2. The van der Waals surface area contributed by atoms with E-state index in [4.69, 9.17) is 14.1 Å². The number of para-hydroxylation sites is 1. The lowest BCUT2D eigenvalue weighted by molar-refractivity contribution is -0.124. The Bertz CT molecular complexity index is 1380. The lowest BCUT2D eigenvalue weighted by Crippen LogP contribution is -2.40. The first-order valence-corrected chi connectivity index (χ1v) is 14.0. The SMILES string of the molecule is Cc1cc(C(=O)OC(C)C)ccc1-c1ccc(/C=C2\SC(=Nc3ccccc3)N(C3CCCCC3)C2=O)o1. The van der Waals surface area contributed by atoms with Crippen molar-refractivity contribution in [1.29, 1.82) is 0 Å². The van der Waals surface area contributed by atoms with Crippen molar-refractivity contribution in [3.8, 4) is 11.3 Å². The Kier molecular flexibility index (Phi) is 7.84. The van der Waals surface area contributed by atoms with Gasteiger partial charge in [-0.15, -0.1) is 0 Å². The third-order valence-corrected chi connectivity index (χ3v) is 7.71. The van der Waals surface area contributed by atoms with Gasteiger partial charge in [0.2, 0.25) is 0 Å². The summed E-state index contributed by atoms with van der Waals surface area (Å²) in [6.45, 7) is 5.60. The molecular formula is C31H32N2O4S. The van der Waals surface area contributed by atoms with Crippen LogP contribution in [0.2, 0.25) is 0 Å². The van der Waals surface area contributed by atoms with Crippen LogP contribution >= 0.6 is 11.8 Å². The molecule has 1 amide bonds. The van der Waals surface area contributed by atoms with Crippen LogP contribution in [0.1, 0.15) is 67.6 Å². The Labute approximate surface area is 227 Å². The summed E-state index contributed by atoms with van der Waals surface area (Å²) in [5.41, 5.74) is 3.14. The van der Waals surface area contributed by atoms with E-state index in [1.807, 2.05) is 86.3 Å². The molecule has 1 aliphatic heterocycles. The molecule has 2 heterocycles. The summed E-state index contributed by atoms with van der Waals surface area (Å²) in [5, 5.41) is 0.728. The topological polar surface area (TPSA) is 72.1 Å². The number of carbonyl (C=O) groups is 2. The zero-order chi connectivity index (χ0) is 26.6. The Hall–Kier alpha value is -3.58. The number of amides is 1. The number of rotatable bonds is 6. The van der Waals surface area contributed by atoms with Gasteiger partial charge in [0.1, 0.15) is 11.5 Å². The number of benzene rings is 2. The fourth-order valence-corrected chi connectivity index (χ4v) is 5.93. The second-order valence-corrected chi connectivity index (χ2v) is 11.0. The van der Waals surface area contributed by atoms with E-state index in [0.717, 1.165) is 47.7 Å². The lowest BCUT2D eigenvalue weighted by atomic mass is 9.94. The van der Waals surface area contributed by atoms with Gasteiger partial charge in [-0.1, -0.05) is 43.5 Å². The van der Waals surface area contributed by atoms with E-state index in [9.17, 15) is 9.59 Å². The molecule has 196 valence electrons. The molecule has 7 heteroatoms. The zero-order valence-electron chi connectivity index (χ0n) is 22.0. The van der Waals surface area contributed by atoms with E-state index in [2.05, 4.69) is 0 Å². The minimum absolute atomic E-state index is 0.0151. The van der Waals surface area contributed by atoms with Gasteiger partial charge in [-0.25, -0.2) is 9.79 Å². The molecule has 1 aliphatic carbocycles. The van der Waals surface area contributed by atoms with Crippen LogP contribution < -0.4 is 0 Å². The van der Waals surface area contributed by atoms with Gasteiger partial charge in [0, 0.05) is 17.7 Å². The van der Waals surface area contributed by atoms with E-state index in [-0.39, 0.29) is 24.0 Å². The van der Waals surface area contributed by atoms with Crippen molar-refractivity contribution >= 4 is 40.6 Å². The van der Waals surface area contributed by atoms with E-state index in [0.29, 0.717) is 22.0 Å². The average Bonchev–Trinajstić information content (AvgIpc) is 3.49. The summed E-state index contributed by atoms with van der Waals surface area (Å²) in [6.07, 6.45) is 7.11. The number of hydrogen-bond donors (Lipinski definition) is 0. The molecule has 2 aliphatic rings. The van der Waals surface area contributed by atoms with Gasteiger partial charge in [0.25, 0.3) is 5.91 Å². The second kappa shape index (κ2) is 11.4. The first kappa shape index (κ1) is 26.0. The van der Waals surface area contributed by atoms with Gasteiger partial charge in [0.15, 0.2) is 5.17 Å². The highest BCUT2D eigenvalue weighted by Crippen LogP contribution is 2.39. The zero-order valence-corrected chi connectivity index (χ0v) is 22.8. The molecule has 2 fully saturated rings. The highest BCUT2D eigenvalue weighted by molar-refractivity contribution is 8.18. The van der Waals surface area contributed by atoms with Crippen LogP contribution in [0.15, 0.2) is 75.0 Å². The highest BCUT2D eigenvalue weighted by atomic mass is 32.2. The minimum atomic E-state index is -0.341. The Morgan fingerprint density at radius 2 is 1.84 bits per heavy atom. The normalized spacial score (nSPS) is 18.6. The van der Waals surface area contributed by atoms with Crippen LogP contribution in [0.5, 0.6) is 0 Å². The summed E-state index contributed by atoms with van der Waals surface area (Å²) in [5.74, 6) is 0.921. The second-order valence-electron chi connectivity index (χ2n) is 9.99. The summed E-state index contributed by atoms with van der Waals surface area (Å²) in [6, 6.07) is 19.1. The maximum absolute atomic E-state index is 13.6. The molecule has 0 unspecified atom stereocenters. The Morgan fingerprint density at radius 3 is 2.55 bits per heavy atom. The maximum atomic E-state index is 13.6. The summed E-state index contributed by atoms with van der Waals surface area (Å²) in [4.78, 5) is 33.2. The van der Waals surface area contributed by atoms with Crippen molar-refractivity contribution in [3.63, 3.8) is 0 Å². The number of furan rings is 1. The van der Waals surface area contributed by atoms with E-state index in [1.165, 1.54) is 18.2 Å². The molecule has 1 saturated heterocycles. The fourth-order valence-electron chi connectivity index (χ4n) is 4.89. The number of aliphatic imine (C=N–C) groups is 1. The molecule has 2 aromatic carbocycles. The van der Waals surface area contributed by atoms with Gasteiger partial charge < -0.3 is 9.15 Å². The van der Waals surface area contributed by atoms with Gasteiger partial charge >= 0.3 is 5.97 Å². The molecule has 3 aromatic rings. The largest absolute Gasteiger partial charge is 0.459 e. The van der Waals surface area contributed by atoms with E-state index in [1.54, 1.807) is 6.07 Å². The third kappa shape index (κ3) is 5.78. The monoisotopic (exact) mass is 528 g/mol. The summed E-state index contributed by atoms with van der Waals surface area (Å²) in [7, 11) is 0. The molecule has 6 nitrogen and oxygen atoms in total. The van der Waals surface area contributed by atoms with Crippen LogP contribution in [0, 0.1) is 6.92 Å². The number of aryl methyl sites for hydroxylation is 1. The number of hydrogen-bond acceptors (Lipinski definition) is 6. The molecular weight excluding hydrogens is 496 g/mol. The number of ether oxygens (including phenoxy) is 1. The molecule has 0 bridgehead atoms. The third-order valence-electron chi connectivity index (χ3n) is 6.73. The molecule has 0 atom stereocenters. The van der Waals surface area contributed by atoms with Crippen molar-refractivity contribution in [2.24, 2.45) is 4.99 Å². The molecule has 1 saturated carbocycles. The van der Waals surface area contributed by atoms with Crippen LogP contribution in [0.4, 0.5) is 5.69 Å². The van der Waals surface area contributed by atoms with Crippen molar-refractivity contribution in [1.82, 2.24) is 4.90 Å². The van der Waals surface area contributed by atoms with Gasteiger partial charge in [-0.3, -0.25) is 9.69 Å². The molecule has 1 aromatic heterocycles. The lowest BCUT2D eigenvalue weighted by Gasteiger charge is -2.30. The van der Waals surface area contributed by atoms with Crippen molar-refractivity contribution in [3.05, 3.63) is 82.5 Å². The smallest absolute Gasteiger partial charge is 0.338 e. The quantitative estimate of drug-likeness (QED) is 0.241. The molecule has 0 radical (unpaired) electrons. The predicted octanol–water partition coefficient (Wildman–Crippen LogP) is 7.76. The Balaban J connectivity index is 1.40. The highest BCUT2D eigenvalue weighted by Gasteiger charge is 2.38. The summed E-state index contributed by atoms with van der Waals surface area (Å²) >= 11 is 1.40. The van der Waals surface area contributed by atoms with Crippen molar-refractivity contribution in [2.75, 3.05) is 0 Å². The standard InChI is InChI=1S/C31H32N2O4S/c1-20(2)36-30(35)22-14-16-26(21(3)18-22)27-17-15-25(37-27)19-28-29(34)33(24-12-8-5-9-13-24)31(38-28)32-23-10-6-4-7-11-23/h4,6-7,10-11,14-20,24H,5,8-9,12-13H2,1-3H3/b28-19-,32-31?. The van der Waals surface area contributed by atoms with Gasteiger partial charge in [-0.2, -0.15) is 0 Å². The minimum Gasteiger partial charge on any atom is -0.459 e. The first-order valence-electron chi connectivity index (χ1n) is 13.2. The molecule has 0 spiro atoms. The number of thioether (sulfide) groups is 1. The first-order chi connectivity index (χ1) is 18.4.